The van der Waals surface area contributed by atoms with E-state index in [4.69, 9.17) is 0 Å². The summed E-state index contributed by atoms with van der Waals surface area (Å²) in [6, 6.07) is 8.45. The van der Waals surface area contributed by atoms with Crippen molar-refractivity contribution in [3.05, 3.63) is 24.3 Å². The Bertz CT molecular complexity index is 437. The average molecular weight is 259 g/mol. The zero-order valence-electron chi connectivity index (χ0n) is 11.3. The molecule has 1 aromatic rings. The first-order valence-corrected chi connectivity index (χ1v) is 7.11. The molecule has 0 radical (unpaired) electrons. The molecular formula is C15H21N3O. The first kappa shape index (κ1) is 12.3. The van der Waals surface area contributed by atoms with Crippen molar-refractivity contribution in [3.8, 4) is 0 Å². The minimum atomic E-state index is -0.186. The van der Waals surface area contributed by atoms with Gasteiger partial charge in [-0.2, -0.15) is 0 Å². The molecule has 0 heterocycles. The summed E-state index contributed by atoms with van der Waals surface area (Å²) >= 11 is 0. The number of urea groups is 1. The topological polar surface area (TPSA) is 53.2 Å². The number of rotatable bonds is 5. The summed E-state index contributed by atoms with van der Waals surface area (Å²) < 4.78 is 0. The van der Waals surface area contributed by atoms with Crippen molar-refractivity contribution in [1.29, 1.82) is 0 Å². The molecule has 4 nitrogen and oxygen atoms in total. The summed E-state index contributed by atoms with van der Waals surface area (Å²) in [7, 11) is 1.61. The van der Waals surface area contributed by atoms with Crippen LogP contribution in [0.2, 0.25) is 0 Å². The summed E-state index contributed by atoms with van der Waals surface area (Å²) in [5, 5.41) is 8.97. The number of benzene rings is 1. The number of nitrogens with one attached hydrogen (secondary N) is 3. The van der Waals surface area contributed by atoms with E-state index in [0.717, 1.165) is 23.2 Å². The smallest absolute Gasteiger partial charge is 0.318 e. The molecule has 0 bridgehead atoms. The molecule has 2 aliphatic carbocycles. The van der Waals surface area contributed by atoms with Gasteiger partial charge in [0.05, 0.1) is 0 Å². The second-order valence-electron chi connectivity index (χ2n) is 5.63. The van der Waals surface area contributed by atoms with Crippen molar-refractivity contribution in [3.63, 3.8) is 0 Å². The van der Waals surface area contributed by atoms with Crippen LogP contribution in [0.1, 0.15) is 25.7 Å². The summed E-state index contributed by atoms with van der Waals surface area (Å²) in [4.78, 5) is 11.2. The van der Waals surface area contributed by atoms with E-state index >= 15 is 0 Å². The van der Waals surface area contributed by atoms with E-state index in [1.165, 1.54) is 25.7 Å². The van der Waals surface area contributed by atoms with Gasteiger partial charge >= 0.3 is 6.03 Å². The molecule has 3 N–H and O–H groups in total. The Balaban J connectivity index is 1.60. The van der Waals surface area contributed by atoms with Gasteiger partial charge in [-0.15, -0.1) is 0 Å². The van der Waals surface area contributed by atoms with Crippen LogP contribution in [0.5, 0.6) is 0 Å². The highest BCUT2D eigenvalue weighted by Crippen LogP contribution is 2.45. The minimum Gasteiger partial charge on any atom is -0.382 e. The second-order valence-corrected chi connectivity index (χ2v) is 5.63. The van der Waals surface area contributed by atoms with Gasteiger partial charge in [-0.05, 0) is 61.8 Å². The Morgan fingerprint density at radius 3 is 2.05 bits per heavy atom. The van der Waals surface area contributed by atoms with Crippen LogP contribution >= 0.6 is 0 Å². The molecule has 2 amide bonds. The van der Waals surface area contributed by atoms with Crippen molar-refractivity contribution in [2.24, 2.45) is 11.8 Å². The van der Waals surface area contributed by atoms with E-state index in [0.29, 0.717) is 6.04 Å². The van der Waals surface area contributed by atoms with Crippen molar-refractivity contribution in [1.82, 2.24) is 5.32 Å². The van der Waals surface area contributed by atoms with E-state index in [1.807, 2.05) is 24.3 Å². The molecule has 0 aliphatic heterocycles. The van der Waals surface area contributed by atoms with Crippen molar-refractivity contribution in [2.45, 2.75) is 31.7 Å². The van der Waals surface area contributed by atoms with Gasteiger partial charge in [0.15, 0.2) is 0 Å². The summed E-state index contributed by atoms with van der Waals surface area (Å²) in [6.07, 6.45) is 5.52. The zero-order valence-corrected chi connectivity index (χ0v) is 11.3. The van der Waals surface area contributed by atoms with E-state index in [9.17, 15) is 4.79 Å². The first-order valence-electron chi connectivity index (χ1n) is 7.11. The molecule has 0 aromatic heterocycles. The molecule has 102 valence electrons. The zero-order chi connectivity index (χ0) is 13.2. The monoisotopic (exact) mass is 259 g/mol. The Morgan fingerprint density at radius 2 is 1.58 bits per heavy atom. The third kappa shape index (κ3) is 3.19. The van der Waals surface area contributed by atoms with Crippen LogP contribution in [0.15, 0.2) is 24.3 Å². The van der Waals surface area contributed by atoms with Gasteiger partial charge in [-0.3, -0.25) is 0 Å². The molecule has 0 unspecified atom stereocenters. The highest BCUT2D eigenvalue weighted by atomic mass is 16.2. The number of carbonyl (C=O) groups is 1. The van der Waals surface area contributed by atoms with Crippen molar-refractivity contribution in [2.75, 3.05) is 17.7 Å². The van der Waals surface area contributed by atoms with E-state index in [2.05, 4.69) is 16.0 Å². The third-order valence-electron chi connectivity index (χ3n) is 3.96. The summed E-state index contributed by atoms with van der Waals surface area (Å²) in [6.45, 7) is 0. The fraction of sp³-hybridized carbons (Fsp3) is 0.533. The molecule has 2 saturated carbocycles. The molecule has 1 aromatic carbocycles. The number of amides is 2. The van der Waals surface area contributed by atoms with Crippen LogP contribution in [0.3, 0.4) is 0 Å². The standard InChI is InChI=1S/C15H21N3O/c1-16-15(19)18-13-8-6-12(7-9-13)17-14(10-2-3-10)11-4-5-11/h6-11,14,17H,2-5H2,1H3,(H2,16,18,19). The van der Waals surface area contributed by atoms with Gasteiger partial charge in [0.25, 0.3) is 0 Å². The van der Waals surface area contributed by atoms with Gasteiger partial charge in [-0.1, -0.05) is 0 Å². The highest BCUT2D eigenvalue weighted by molar-refractivity contribution is 5.89. The van der Waals surface area contributed by atoms with Crippen LogP contribution in [0.4, 0.5) is 16.2 Å². The lowest BCUT2D eigenvalue weighted by Gasteiger charge is -2.19. The largest absolute Gasteiger partial charge is 0.382 e. The quantitative estimate of drug-likeness (QED) is 0.761. The van der Waals surface area contributed by atoms with Gasteiger partial charge < -0.3 is 16.0 Å². The van der Waals surface area contributed by atoms with Crippen LogP contribution in [0, 0.1) is 11.8 Å². The maximum absolute atomic E-state index is 11.2. The van der Waals surface area contributed by atoms with Crippen molar-refractivity contribution < 1.29 is 4.79 Å². The maximum Gasteiger partial charge on any atom is 0.318 e. The lowest BCUT2D eigenvalue weighted by atomic mass is 10.1. The molecular weight excluding hydrogens is 238 g/mol. The molecule has 0 spiro atoms. The molecule has 4 heteroatoms. The number of hydrogen-bond donors (Lipinski definition) is 3. The molecule has 3 rings (SSSR count). The summed E-state index contributed by atoms with van der Waals surface area (Å²) in [5.41, 5.74) is 1.98. The van der Waals surface area contributed by atoms with Crippen LogP contribution in [-0.4, -0.2) is 19.1 Å². The minimum absolute atomic E-state index is 0.186. The SMILES string of the molecule is CNC(=O)Nc1ccc(NC(C2CC2)C2CC2)cc1. The predicted octanol–water partition coefficient (Wildman–Crippen LogP) is 3.04. The summed E-state index contributed by atoms with van der Waals surface area (Å²) in [5.74, 6) is 1.77. The molecule has 2 aliphatic rings. The third-order valence-corrected chi connectivity index (χ3v) is 3.96. The fourth-order valence-electron chi connectivity index (χ4n) is 2.57. The van der Waals surface area contributed by atoms with Gasteiger partial charge in [0, 0.05) is 24.5 Å². The molecule has 19 heavy (non-hydrogen) atoms. The lowest BCUT2D eigenvalue weighted by molar-refractivity contribution is 0.254. The van der Waals surface area contributed by atoms with E-state index in [-0.39, 0.29) is 6.03 Å². The Kier molecular flexibility index (Phi) is 3.32. The Labute approximate surface area is 114 Å². The second kappa shape index (κ2) is 5.11. The van der Waals surface area contributed by atoms with Gasteiger partial charge in [0.1, 0.15) is 0 Å². The van der Waals surface area contributed by atoms with Crippen LogP contribution in [-0.2, 0) is 0 Å². The first-order chi connectivity index (χ1) is 9.26. The van der Waals surface area contributed by atoms with E-state index < -0.39 is 0 Å². The van der Waals surface area contributed by atoms with Gasteiger partial charge in [-0.25, -0.2) is 4.79 Å². The van der Waals surface area contributed by atoms with Crippen LogP contribution < -0.4 is 16.0 Å². The fourth-order valence-corrected chi connectivity index (χ4v) is 2.57. The number of anilines is 2. The number of hydrogen-bond acceptors (Lipinski definition) is 2. The maximum atomic E-state index is 11.2. The Hall–Kier alpha value is -1.71. The normalized spacial score (nSPS) is 18.2. The van der Waals surface area contributed by atoms with Crippen LogP contribution in [0.25, 0.3) is 0 Å². The molecule has 2 fully saturated rings. The number of carbonyl (C=O) groups excluding carboxylic acids is 1. The Morgan fingerprint density at radius 1 is 1.05 bits per heavy atom. The van der Waals surface area contributed by atoms with Gasteiger partial charge in [0.2, 0.25) is 0 Å². The van der Waals surface area contributed by atoms with Crippen molar-refractivity contribution >= 4 is 17.4 Å². The predicted molar refractivity (Wildman–Crippen MR) is 77.4 cm³/mol. The molecule has 0 atom stereocenters. The van der Waals surface area contributed by atoms with E-state index in [1.54, 1.807) is 7.05 Å². The highest BCUT2D eigenvalue weighted by Gasteiger charge is 2.41. The molecule has 0 saturated heterocycles. The average Bonchev–Trinajstić information content (AvgIpc) is 3.30. The lowest BCUT2D eigenvalue weighted by Crippen LogP contribution is -2.25.